The molecule has 0 saturated carbocycles. The fraction of sp³-hybridized carbons (Fsp3) is 0.448. The molecule has 2 aliphatic carbocycles. The van der Waals surface area contributed by atoms with E-state index in [1.165, 1.54) is 18.0 Å². The Balaban J connectivity index is 1.58. The number of ether oxygens (including phenoxy) is 1. The minimum absolute atomic E-state index is 0.0787. The largest absolute Gasteiger partial charge is 0.465 e. The fourth-order valence-electron chi connectivity index (χ4n) is 4.92. The van der Waals surface area contributed by atoms with Crippen molar-refractivity contribution in [3.63, 3.8) is 0 Å². The summed E-state index contributed by atoms with van der Waals surface area (Å²) in [4.78, 5) is 25.4. The maximum atomic E-state index is 13.6. The van der Waals surface area contributed by atoms with E-state index in [1.54, 1.807) is 0 Å². The number of aryl methyl sites for hydroxylation is 1. The predicted octanol–water partition coefficient (Wildman–Crippen LogP) is 3.11. The van der Waals surface area contributed by atoms with Crippen LogP contribution in [0.1, 0.15) is 36.2 Å². The van der Waals surface area contributed by atoms with Gasteiger partial charge in [0.2, 0.25) is 12.8 Å². The van der Waals surface area contributed by atoms with E-state index in [-0.39, 0.29) is 17.9 Å². The molecule has 2 heterocycles. The Morgan fingerprint density at radius 3 is 2.85 bits per heavy atom. The highest BCUT2D eigenvalue weighted by atomic mass is 19.1. The highest BCUT2D eigenvalue weighted by Crippen LogP contribution is 2.30. The van der Waals surface area contributed by atoms with Crippen LogP contribution < -0.4 is 10.6 Å². The van der Waals surface area contributed by atoms with Crippen molar-refractivity contribution >= 4 is 17.8 Å². The van der Waals surface area contributed by atoms with Gasteiger partial charge in [-0.25, -0.2) is 14.4 Å². The quantitative estimate of drug-likeness (QED) is 0.389. The molecule has 0 aliphatic heterocycles. The number of likely N-dealkylation sites (N-methyl/N-ethyl adjacent to an activating group) is 2. The first-order chi connectivity index (χ1) is 19.3. The number of halogens is 1. The fourth-order valence-corrected chi connectivity index (χ4v) is 4.92. The van der Waals surface area contributed by atoms with E-state index in [4.69, 9.17) is 4.74 Å². The lowest BCUT2D eigenvalue weighted by Gasteiger charge is -2.24. The van der Waals surface area contributed by atoms with Gasteiger partial charge in [-0.2, -0.15) is 5.10 Å². The number of fused-ring (bicyclic) bond motifs is 1. The molecule has 214 valence electrons. The van der Waals surface area contributed by atoms with Crippen LogP contribution in [-0.2, 0) is 22.5 Å². The monoisotopic (exact) mass is 550 g/mol. The van der Waals surface area contributed by atoms with Gasteiger partial charge in [-0.3, -0.25) is 9.48 Å². The summed E-state index contributed by atoms with van der Waals surface area (Å²) in [5.41, 5.74) is 4.01. The molecule has 3 atom stereocenters. The van der Waals surface area contributed by atoms with Crippen LogP contribution in [0.25, 0.3) is 6.08 Å². The van der Waals surface area contributed by atoms with Gasteiger partial charge in [-0.1, -0.05) is 12.7 Å². The van der Waals surface area contributed by atoms with E-state index in [9.17, 15) is 9.18 Å². The Labute approximate surface area is 235 Å². The molecule has 40 heavy (non-hydrogen) atoms. The second-order valence-corrected chi connectivity index (χ2v) is 10.2. The van der Waals surface area contributed by atoms with Gasteiger partial charge in [-0.05, 0) is 57.7 Å². The Morgan fingerprint density at radius 2 is 2.12 bits per heavy atom. The maximum Gasteiger partial charge on any atom is 0.243 e. The second-order valence-electron chi connectivity index (χ2n) is 10.2. The number of allylic oxidation sites excluding steroid dienone is 2. The molecule has 3 unspecified atom stereocenters. The van der Waals surface area contributed by atoms with Gasteiger partial charge >= 0.3 is 0 Å². The number of carbonyl (C=O) groups excluding carboxylic acids is 1. The molecule has 2 aromatic rings. The van der Waals surface area contributed by atoms with Gasteiger partial charge in [0.05, 0.1) is 29.7 Å². The number of rotatable bonds is 12. The normalized spacial score (nSPS) is 20.2. The van der Waals surface area contributed by atoms with Crippen molar-refractivity contribution in [3.8, 4) is 0 Å². The van der Waals surface area contributed by atoms with Crippen molar-refractivity contribution in [1.82, 2.24) is 34.9 Å². The zero-order valence-corrected chi connectivity index (χ0v) is 23.7. The molecule has 10 nitrogen and oxygen atoms in total. The summed E-state index contributed by atoms with van der Waals surface area (Å²) in [6.07, 6.45) is 13.9. The first kappa shape index (κ1) is 29.0. The standard InChI is InChI=1S/C29H39FN8O2/c1-6-29(39)34-22-13-23(37(5)11-10-36(3)4)15-27(40-18-30)25(14-22)35-28-16-24(31-19-32-28)20-8-9-26-21(12-20)17-33-38(26)7-2/h6,8-9,13,15-17,19-20,22,25H,1,7,10-12,14,18H2,2-5H3,(H,34,39)(H,31,32,35). The number of hydrogen-bond acceptors (Lipinski definition) is 8. The van der Waals surface area contributed by atoms with Crippen molar-refractivity contribution in [2.45, 2.75) is 44.3 Å². The van der Waals surface area contributed by atoms with Crippen LogP contribution >= 0.6 is 0 Å². The minimum atomic E-state index is -0.974. The molecule has 0 saturated heterocycles. The third kappa shape index (κ3) is 7.15. The van der Waals surface area contributed by atoms with Gasteiger partial charge in [-0.15, -0.1) is 0 Å². The molecule has 0 bridgehead atoms. The van der Waals surface area contributed by atoms with Crippen LogP contribution in [0.3, 0.4) is 0 Å². The molecule has 4 rings (SSSR count). The minimum Gasteiger partial charge on any atom is -0.465 e. The van der Waals surface area contributed by atoms with Crippen molar-refractivity contribution < 1.29 is 13.9 Å². The summed E-state index contributed by atoms with van der Waals surface area (Å²) in [6, 6.07) is 1.10. The summed E-state index contributed by atoms with van der Waals surface area (Å²) in [7, 11) is 5.97. The molecule has 0 fully saturated rings. The molecule has 1 amide bonds. The number of alkyl halides is 1. The number of aromatic nitrogens is 4. The zero-order chi connectivity index (χ0) is 28.6. The molecule has 0 radical (unpaired) electrons. The zero-order valence-electron chi connectivity index (χ0n) is 23.7. The number of amides is 1. The third-order valence-corrected chi connectivity index (χ3v) is 7.13. The number of carbonyl (C=O) groups is 1. The lowest BCUT2D eigenvalue weighted by atomic mass is 9.91. The average molecular weight is 551 g/mol. The van der Waals surface area contributed by atoms with E-state index in [2.05, 4.69) is 61.2 Å². The van der Waals surface area contributed by atoms with Crippen molar-refractivity contribution in [2.75, 3.05) is 46.4 Å². The molecule has 0 spiro atoms. The molecule has 11 heteroatoms. The summed E-state index contributed by atoms with van der Waals surface area (Å²) in [5.74, 6) is 0.805. The lowest BCUT2D eigenvalue weighted by molar-refractivity contribution is -0.116. The summed E-state index contributed by atoms with van der Waals surface area (Å²) in [5, 5.41) is 10.9. The maximum absolute atomic E-state index is 13.6. The molecular weight excluding hydrogens is 511 g/mol. The molecule has 2 aliphatic rings. The van der Waals surface area contributed by atoms with Gasteiger partial charge in [0.25, 0.3) is 0 Å². The number of nitrogens with zero attached hydrogens (tertiary/aromatic N) is 6. The van der Waals surface area contributed by atoms with Crippen LogP contribution in [0.15, 0.2) is 60.9 Å². The number of nitrogens with one attached hydrogen (secondary N) is 2. The van der Waals surface area contributed by atoms with Crippen LogP contribution in [0, 0.1) is 0 Å². The van der Waals surface area contributed by atoms with Crippen LogP contribution in [-0.4, -0.2) is 88.6 Å². The Hall–Kier alpha value is -3.99. The van der Waals surface area contributed by atoms with Crippen molar-refractivity contribution in [2.24, 2.45) is 0 Å². The van der Waals surface area contributed by atoms with Gasteiger partial charge in [0.1, 0.15) is 17.9 Å². The van der Waals surface area contributed by atoms with Crippen LogP contribution in [0.2, 0.25) is 0 Å². The van der Waals surface area contributed by atoms with E-state index < -0.39 is 12.9 Å². The first-order valence-corrected chi connectivity index (χ1v) is 13.5. The topological polar surface area (TPSA) is 100 Å². The highest BCUT2D eigenvalue weighted by Gasteiger charge is 2.27. The Bertz CT molecular complexity index is 1280. The van der Waals surface area contributed by atoms with Gasteiger partial charge < -0.3 is 25.2 Å². The van der Waals surface area contributed by atoms with E-state index in [0.29, 0.717) is 18.0 Å². The highest BCUT2D eigenvalue weighted by molar-refractivity contribution is 5.87. The predicted molar refractivity (Wildman–Crippen MR) is 154 cm³/mol. The summed E-state index contributed by atoms with van der Waals surface area (Å²) in [6.45, 7) is 7.06. The van der Waals surface area contributed by atoms with Gasteiger partial charge in [0, 0.05) is 50.4 Å². The SMILES string of the molecule is C=CC(=O)NC1C=C(N(C)CCN(C)C)C=C(OCF)C(Nc2cc(C3C=Cc4c(cnn4CC)C3)ncn2)C1. The lowest BCUT2D eigenvalue weighted by Crippen LogP contribution is -2.38. The third-order valence-electron chi connectivity index (χ3n) is 7.13. The number of hydrogen-bond donors (Lipinski definition) is 2. The van der Waals surface area contributed by atoms with Crippen LogP contribution in [0.5, 0.6) is 0 Å². The van der Waals surface area contributed by atoms with E-state index in [1.807, 2.05) is 50.2 Å². The van der Waals surface area contributed by atoms with E-state index in [0.717, 1.165) is 43.1 Å². The number of anilines is 1. The summed E-state index contributed by atoms with van der Waals surface area (Å²) < 4.78 is 21.0. The van der Waals surface area contributed by atoms with Crippen molar-refractivity contribution in [1.29, 1.82) is 0 Å². The first-order valence-electron chi connectivity index (χ1n) is 13.5. The van der Waals surface area contributed by atoms with Crippen molar-refractivity contribution in [3.05, 3.63) is 77.9 Å². The Morgan fingerprint density at radius 1 is 1.30 bits per heavy atom. The Kier molecular flexibility index (Phi) is 9.70. The smallest absolute Gasteiger partial charge is 0.243 e. The van der Waals surface area contributed by atoms with Crippen LogP contribution in [0.4, 0.5) is 10.2 Å². The average Bonchev–Trinajstić information content (AvgIpc) is 3.29. The van der Waals surface area contributed by atoms with Gasteiger partial charge in [0.15, 0.2) is 0 Å². The molecular formula is C29H39FN8O2. The molecule has 0 aromatic carbocycles. The van der Waals surface area contributed by atoms with E-state index >= 15 is 0 Å². The second kappa shape index (κ2) is 13.4. The molecule has 2 N–H and O–H groups in total. The summed E-state index contributed by atoms with van der Waals surface area (Å²) >= 11 is 0. The molecule has 2 aromatic heterocycles.